The SMILES string of the molecule is CN=C(NCc1ccccc1CN(C)C(C)C)NCc1sccc1C. The summed E-state index contributed by atoms with van der Waals surface area (Å²) >= 11 is 1.78. The number of guanidine groups is 1. The van der Waals surface area contributed by atoms with Gasteiger partial charge >= 0.3 is 0 Å². The molecule has 5 heteroatoms. The Morgan fingerprint density at radius 1 is 1.12 bits per heavy atom. The Balaban J connectivity index is 1.94. The topological polar surface area (TPSA) is 39.7 Å². The normalized spacial score (nSPS) is 12.0. The zero-order valence-corrected chi connectivity index (χ0v) is 16.8. The highest BCUT2D eigenvalue weighted by Crippen LogP contribution is 2.15. The third kappa shape index (κ3) is 5.87. The van der Waals surface area contributed by atoms with E-state index in [1.54, 1.807) is 11.3 Å². The Morgan fingerprint density at radius 3 is 2.40 bits per heavy atom. The van der Waals surface area contributed by atoms with Crippen molar-refractivity contribution in [2.24, 2.45) is 4.99 Å². The molecule has 0 atom stereocenters. The minimum atomic E-state index is 0.532. The van der Waals surface area contributed by atoms with Crippen LogP contribution in [0.2, 0.25) is 0 Å². The van der Waals surface area contributed by atoms with Crippen LogP contribution in [0.1, 0.15) is 35.4 Å². The van der Waals surface area contributed by atoms with Crippen LogP contribution in [0, 0.1) is 6.92 Å². The Bertz CT molecular complexity index is 691. The van der Waals surface area contributed by atoms with Gasteiger partial charge in [-0.3, -0.25) is 9.89 Å². The first kappa shape index (κ1) is 19.5. The molecule has 2 aromatic rings. The monoisotopic (exact) mass is 358 g/mol. The van der Waals surface area contributed by atoms with E-state index < -0.39 is 0 Å². The summed E-state index contributed by atoms with van der Waals surface area (Å²) in [5, 5.41) is 8.96. The maximum absolute atomic E-state index is 4.34. The van der Waals surface area contributed by atoms with Crippen LogP contribution in [-0.4, -0.2) is 31.0 Å². The van der Waals surface area contributed by atoms with Crippen LogP contribution in [0.5, 0.6) is 0 Å². The molecular formula is C20H30N4S. The third-order valence-electron chi connectivity index (χ3n) is 4.47. The van der Waals surface area contributed by atoms with Crippen molar-refractivity contribution >= 4 is 17.3 Å². The van der Waals surface area contributed by atoms with Crippen LogP contribution in [0.3, 0.4) is 0 Å². The first-order chi connectivity index (χ1) is 12.0. The third-order valence-corrected chi connectivity index (χ3v) is 5.50. The summed E-state index contributed by atoms with van der Waals surface area (Å²) in [6.45, 7) is 9.12. The van der Waals surface area contributed by atoms with Gasteiger partial charge in [-0.2, -0.15) is 0 Å². The number of benzene rings is 1. The van der Waals surface area contributed by atoms with Gasteiger partial charge in [0.2, 0.25) is 0 Å². The van der Waals surface area contributed by atoms with Gasteiger partial charge in [0, 0.05) is 31.1 Å². The molecule has 136 valence electrons. The van der Waals surface area contributed by atoms with Gasteiger partial charge in [-0.05, 0) is 56.0 Å². The number of hydrogen-bond donors (Lipinski definition) is 2. The molecule has 0 aliphatic carbocycles. The molecule has 0 radical (unpaired) electrons. The summed E-state index contributed by atoms with van der Waals surface area (Å²) in [6, 6.07) is 11.3. The summed E-state index contributed by atoms with van der Waals surface area (Å²) in [4.78, 5) is 8.04. The van der Waals surface area contributed by atoms with Crippen LogP contribution in [0.15, 0.2) is 40.7 Å². The Hall–Kier alpha value is -1.85. The van der Waals surface area contributed by atoms with E-state index in [9.17, 15) is 0 Å². The van der Waals surface area contributed by atoms with Crippen molar-refractivity contribution in [2.75, 3.05) is 14.1 Å². The molecule has 2 N–H and O–H groups in total. The molecule has 0 unspecified atom stereocenters. The van der Waals surface area contributed by atoms with Crippen LogP contribution >= 0.6 is 11.3 Å². The van der Waals surface area contributed by atoms with Crippen LogP contribution in [-0.2, 0) is 19.6 Å². The van der Waals surface area contributed by atoms with Gasteiger partial charge in [-0.15, -0.1) is 11.3 Å². The number of rotatable bonds is 7. The standard InChI is InChI=1S/C20H30N4S/c1-15(2)24(5)14-18-9-7-6-8-17(18)12-22-20(21-4)23-13-19-16(3)10-11-25-19/h6-11,15H,12-14H2,1-5H3,(H2,21,22,23). The van der Waals surface area contributed by atoms with E-state index >= 15 is 0 Å². The predicted molar refractivity (Wildman–Crippen MR) is 109 cm³/mol. The second-order valence-corrected chi connectivity index (χ2v) is 7.58. The number of hydrogen-bond acceptors (Lipinski definition) is 3. The van der Waals surface area contributed by atoms with Crippen molar-refractivity contribution in [3.05, 3.63) is 57.3 Å². The number of aliphatic imine (C=N–C) groups is 1. The molecule has 0 aliphatic rings. The molecule has 0 aliphatic heterocycles. The first-order valence-corrected chi connectivity index (χ1v) is 9.63. The minimum Gasteiger partial charge on any atom is -0.352 e. The van der Waals surface area contributed by atoms with Gasteiger partial charge in [0.15, 0.2) is 5.96 Å². The van der Waals surface area contributed by atoms with E-state index in [0.717, 1.165) is 25.6 Å². The average Bonchev–Trinajstić information content (AvgIpc) is 3.01. The summed E-state index contributed by atoms with van der Waals surface area (Å²) in [7, 11) is 3.98. The number of nitrogens with one attached hydrogen (secondary N) is 2. The molecule has 4 nitrogen and oxygen atoms in total. The molecule has 2 rings (SSSR count). The second-order valence-electron chi connectivity index (χ2n) is 6.58. The second kappa shape index (κ2) is 9.59. The summed E-state index contributed by atoms with van der Waals surface area (Å²) < 4.78 is 0. The molecular weight excluding hydrogens is 328 g/mol. The van der Waals surface area contributed by atoms with Crippen molar-refractivity contribution in [3.63, 3.8) is 0 Å². The summed E-state index contributed by atoms with van der Waals surface area (Å²) in [5.74, 6) is 0.833. The molecule has 1 aromatic carbocycles. The lowest BCUT2D eigenvalue weighted by Gasteiger charge is -2.23. The van der Waals surface area contributed by atoms with Crippen LogP contribution in [0.4, 0.5) is 0 Å². The Kier molecular flexibility index (Phi) is 7.47. The molecule has 0 amide bonds. The summed E-state index contributed by atoms with van der Waals surface area (Å²) in [5.41, 5.74) is 4.00. The highest BCUT2D eigenvalue weighted by Gasteiger charge is 2.09. The molecule has 1 aromatic heterocycles. The van der Waals surface area contributed by atoms with Crippen molar-refractivity contribution in [3.8, 4) is 0 Å². The fourth-order valence-electron chi connectivity index (χ4n) is 2.48. The van der Waals surface area contributed by atoms with E-state index in [1.165, 1.54) is 21.6 Å². The van der Waals surface area contributed by atoms with E-state index in [1.807, 2.05) is 7.05 Å². The van der Waals surface area contributed by atoms with Gasteiger partial charge in [-0.25, -0.2) is 0 Å². The van der Waals surface area contributed by atoms with E-state index in [4.69, 9.17) is 0 Å². The zero-order valence-electron chi connectivity index (χ0n) is 16.0. The largest absolute Gasteiger partial charge is 0.352 e. The van der Waals surface area contributed by atoms with E-state index in [-0.39, 0.29) is 0 Å². The van der Waals surface area contributed by atoms with Gasteiger partial charge < -0.3 is 10.6 Å². The quantitative estimate of drug-likeness (QED) is 0.585. The first-order valence-electron chi connectivity index (χ1n) is 8.75. The highest BCUT2D eigenvalue weighted by molar-refractivity contribution is 7.10. The molecule has 0 fully saturated rings. The highest BCUT2D eigenvalue weighted by atomic mass is 32.1. The average molecular weight is 359 g/mol. The van der Waals surface area contributed by atoms with E-state index in [0.29, 0.717) is 6.04 Å². The number of aryl methyl sites for hydroxylation is 1. The Labute approximate surface area is 156 Å². The van der Waals surface area contributed by atoms with Crippen LogP contribution < -0.4 is 10.6 Å². The van der Waals surface area contributed by atoms with Crippen molar-refractivity contribution in [2.45, 2.75) is 46.4 Å². The molecule has 0 saturated carbocycles. The maximum Gasteiger partial charge on any atom is 0.191 e. The predicted octanol–water partition coefficient (Wildman–Crippen LogP) is 3.76. The minimum absolute atomic E-state index is 0.532. The fourth-order valence-corrected chi connectivity index (χ4v) is 3.33. The molecule has 0 spiro atoms. The molecule has 1 heterocycles. The fraction of sp³-hybridized carbons (Fsp3) is 0.450. The molecule has 0 bridgehead atoms. The van der Waals surface area contributed by atoms with Crippen molar-refractivity contribution in [1.82, 2.24) is 15.5 Å². The van der Waals surface area contributed by atoms with Crippen LogP contribution in [0.25, 0.3) is 0 Å². The molecule has 0 saturated heterocycles. The molecule has 25 heavy (non-hydrogen) atoms. The number of thiophene rings is 1. The van der Waals surface area contributed by atoms with Gasteiger partial charge in [-0.1, -0.05) is 24.3 Å². The summed E-state index contributed by atoms with van der Waals surface area (Å²) in [6.07, 6.45) is 0. The van der Waals surface area contributed by atoms with Gasteiger partial charge in [0.1, 0.15) is 0 Å². The van der Waals surface area contributed by atoms with Gasteiger partial charge in [0.05, 0.1) is 6.54 Å². The van der Waals surface area contributed by atoms with Gasteiger partial charge in [0.25, 0.3) is 0 Å². The van der Waals surface area contributed by atoms with E-state index in [2.05, 4.69) is 84.1 Å². The van der Waals surface area contributed by atoms with Crippen molar-refractivity contribution in [1.29, 1.82) is 0 Å². The Morgan fingerprint density at radius 2 is 1.80 bits per heavy atom. The maximum atomic E-state index is 4.34. The lowest BCUT2D eigenvalue weighted by atomic mass is 10.1. The lowest BCUT2D eigenvalue weighted by molar-refractivity contribution is 0.265. The smallest absolute Gasteiger partial charge is 0.191 e. The van der Waals surface area contributed by atoms with Crippen molar-refractivity contribution < 1.29 is 0 Å². The zero-order chi connectivity index (χ0) is 18.2. The number of nitrogens with zero attached hydrogens (tertiary/aromatic N) is 2. The lowest BCUT2D eigenvalue weighted by Crippen LogP contribution is -2.36.